The lowest BCUT2D eigenvalue weighted by atomic mass is 10.2. The molecule has 0 radical (unpaired) electrons. The first-order valence-corrected chi connectivity index (χ1v) is 6.66. The third-order valence-electron chi connectivity index (χ3n) is 3.43. The Morgan fingerprint density at radius 2 is 1.90 bits per heavy atom. The molecule has 0 saturated heterocycles. The van der Waals surface area contributed by atoms with Gasteiger partial charge in [0.1, 0.15) is 0 Å². The van der Waals surface area contributed by atoms with Crippen LogP contribution < -0.4 is 11.1 Å². The van der Waals surface area contributed by atoms with Crippen LogP contribution in [0.4, 0.5) is 0 Å². The number of H-pyrrole nitrogens is 1. The van der Waals surface area contributed by atoms with Crippen LogP contribution in [0.15, 0.2) is 52.1 Å². The number of benzene rings is 2. The number of halogens is 1. The SMILES string of the molecule is O=c1[nH]c2ccccc2n2c(=O)c3cc(Cl)ccc3nc12. The molecule has 0 spiro atoms. The molecule has 6 heteroatoms. The van der Waals surface area contributed by atoms with Gasteiger partial charge >= 0.3 is 0 Å². The Labute approximate surface area is 122 Å². The fourth-order valence-corrected chi connectivity index (χ4v) is 2.66. The zero-order chi connectivity index (χ0) is 14.6. The molecule has 0 bridgehead atoms. The number of nitrogens with one attached hydrogen (secondary N) is 1. The van der Waals surface area contributed by atoms with Gasteiger partial charge in [0.2, 0.25) is 5.65 Å². The molecule has 0 saturated carbocycles. The zero-order valence-corrected chi connectivity index (χ0v) is 11.4. The molecule has 2 aromatic carbocycles. The molecule has 102 valence electrons. The quantitative estimate of drug-likeness (QED) is 0.400. The summed E-state index contributed by atoms with van der Waals surface area (Å²) >= 11 is 5.95. The van der Waals surface area contributed by atoms with Crippen molar-refractivity contribution in [2.75, 3.05) is 0 Å². The van der Waals surface area contributed by atoms with Crippen molar-refractivity contribution in [2.45, 2.75) is 0 Å². The van der Waals surface area contributed by atoms with Crippen molar-refractivity contribution in [3.05, 3.63) is 68.2 Å². The van der Waals surface area contributed by atoms with Gasteiger partial charge in [0, 0.05) is 5.02 Å². The fraction of sp³-hybridized carbons (Fsp3) is 0. The first-order chi connectivity index (χ1) is 10.1. The molecule has 2 aromatic heterocycles. The van der Waals surface area contributed by atoms with E-state index in [1.807, 2.05) is 0 Å². The topological polar surface area (TPSA) is 67.2 Å². The Morgan fingerprint density at radius 1 is 1.10 bits per heavy atom. The van der Waals surface area contributed by atoms with Crippen LogP contribution in [0, 0.1) is 0 Å². The summed E-state index contributed by atoms with van der Waals surface area (Å²) in [6.07, 6.45) is 0. The van der Waals surface area contributed by atoms with Crippen molar-refractivity contribution in [1.29, 1.82) is 0 Å². The highest BCUT2D eigenvalue weighted by Gasteiger charge is 2.11. The Balaban J connectivity index is 2.41. The van der Waals surface area contributed by atoms with Crippen LogP contribution in [-0.2, 0) is 0 Å². The molecule has 0 aliphatic heterocycles. The lowest BCUT2D eigenvalue weighted by molar-refractivity contribution is 1.08. The highest BCUT2D eigenvalue weighted by Crippen LogP contribution is 2.16. The number of hydrogen-bond acceptors (Lipinski definition) is 3. The highest BCUT2D eigenvalue weighted by atomic mass is 35.5. The lowest BCUT2D eigenvalue weighted by Gasteiger charge is -2.06. The van der Waals surface area contributed by atoms with Crippen molar-refractivity contribution < 1.29 is 0 Å². The van der Waals surface area contributed by atoms with Crippen molar-refractivity contribution in [3.63, 3.8) is 0 Å². The van der Waals surface area contributed by atoms with Crippen LogP contribution in [0.1, 0.15) is 0 Å². The number of nitrogens with zero attached hydrogens (tertiary/aromatic N) is 2. The van der Waals surface area contributed by atoms with Gasteiger partial charge in [-0.05, 0) is 30.3 Å². The second-order valence-corrected chi connectivity index (χ2v) is 5.15. The molecular formula is C15H8ClN3O2. The van der Waals surface area contributed by atoms with Crippen molar-refractivity contribution in [2.24, 2.45) is 0 Å². The van der Waals surface area contributed by atoms with Gasteiger partial charge in [0.15, 0.2) is 0 Å². The normalized spacial score (nSPS) is 11.5. The van der Waals surface area contributed by atoms with Crippen LogP contribution in [-0.4, -0.2) is 14.4 Å². The second-order valence-electron chi connectivity index (χ2n) is 4.71. The second kappa shape index (κ2) is 4.17. The van der Waals surface area contributed by atoms with Gasteiger partial charge in [-0.2, -0.15) is 0 Å². The summed E-state index contributed by atoms with van der Waals surface area (Å²) in [6.45, 7) is 0. The number of aromatic nitrogens is 3. The van der Waals surface area contributed by atoms with Crippen molar-refractivity contribution in [3.8, 4) is 0 Å². The van der Waals surface area contributed by atoms with E-state index in [9.17, 15) is 9.59 Å². The minimum absolute atomic E-state index is 0.0773. The molecule has 4 rings (SSSR count). The van der Waals surface area contributed by atoms with Gasteiger partial charge in [-0.15, -0.1) is 0 Å². The van der Waals surface area contributed by atoms with E-state index in [4.69, 9.17) is 11.6 Å². The van der Waals surface area contributed by atoms with Gasteiger partial charge in [0.25, 0.3) is 11.1 Å². The summed E-state index contributed by atoms with van der Waals surface area (Å²) in [6, 6.07) is 11.9. The van der Waals surface area contributed by atoms with Crippen molar-refractivity contribution >= 4 is 39.2 Å². The third-order valence-corrected chi connectivity index (χ3v) is 3.66. The Kier molecular flexibility index (Phi) is 2.40. The highest BCUT2D eigenvalue weighted by molar-refractivity contribution is 6.31. The molecule has 21 heavy (non-hydrogen) atoms. The van der Waals surface area contributed by atoms with Crippen LogP contribution in [0.25, 0.3) is 27.6 Å². The minimum atomic E-state index is -0.400. The Morgan fingerprint density at radius 3 is 2.76 bits per heavy atom. The van der Waals surface area contributed by atoms with Crippen molar-refractivity contribution in [1.82, 2.24) is 14.4 Å². The van der Waals surface area contributed by atoms with E-state index in [2.05, 4.69) is 9.97 Å². The van der Waals surface area contributed by atoms with Gasteiger partial charge in [-0.3, -0.25) is 14.0 Å². The average Bonchev–Trinajstić information content (AvgIpc) is 2.48. The number of aromatic amines is 1. The van der Waals surface area contributed by atoms with Gasteiger partial charge in [-0.25, -0.2) is 4.98 Å². The molecule has 0 aliphatic carbocycles. The Hall–Kier alpha value is -2.66. The smallest absolute Gasteiger partial charge is 0.292 e. The van der Waals surface area contributed by atoms with E-state index < -0.39 is 5.56 Å². The summed E-state index contributed by atoms with van der Waals surface area (Å²) in [5.74, 6) is 0. The van der Waals surface area contributed by atoms with Crippen LogP contribution in [0.2, 0.25) is 5.02 Å². The summed E-state index contributed by atoms with van der Waals surface area (Å²) in [5.41, 5.74) is 1.01. The molecule has 5 nitrogen and oxygen atoms in total. The van der Waals surface area contributed by atoms with E-state index in [1.54, 1.807) is 42.5 Å². The summed E-state index contributed by atoms with van der Waals surface area (Å²) in [4.78, 5) is 31.9. The van der Waals surface area contributed by atoms with E-state index in [0.717, 1.165) is 0 Å². The molecule has 0 amide bonds. The van der Waals surface area contributed by atoms with E-state index in [1.165, 1.54) is 4.40 Å². The van der Waals surface area contributed by atoms with Gasteiger partial charge < -0.3 is 4.98 Å². The largest absolute Gasteiger partial charge is 0.317 e. The molecule has 0 atom stereocenters. The van der Waals surface area contributed by atoms with E-state index >= 15 is 0 Å². The molecular weight excluding hydrogens is 290 g/mol. The monoisotopic (exact) mass is 297 g/mol. The minimum Gasteiger partial charge on any atom is -0.317 e. The number of rotatable bonds is 0. The van der Waals surface area contributed by atoms with E-state index in [-0.39, 0.29) is 11.2 Å². The fourth-order valence-electron chi connectivity index (χ4n) is 2.49. The van der Waals surface area contributed by atoms with Crippen LogP contribution in [0.5, 0.6) is 0 Å². The number of fused-ring (bicyclic) bond motifs is 4. The average molecular weight is 298 g/mol. The first kappa shape index (κ1) is 12.1. The molecule has 4 aromatic rings. The molecule has 0 unspecified atom stereocenters. The summed E-state index contributed by atoms with van der Waals surface area (Å²) < 4.78 is 1.33. The zero-order valence-electron chi connectivity index (χ0n) is 10.6. The maximum absolute atomic E-state index is 12.7. The van der Waals surface area contributed by atoms with Crippen LogP contribution >= 0.6 is 11.6 Å². The third kappa shape index (κ3) is 1.68. The maximum Gasteiger partial charge on any atom is 0.292 e. The van der Waals surface area contributed by atoms with Gasteiger partial charge in [-0.1, -0.05) is 23.7 Å². The first-order valence-electron chi connectivity index (χ1n) is 6.28. The standard InChI is InChI=1S/C15H8ClN3O2/c16-8-5-6-10-9(7-8)15(21)19-12-4-2-1-3-11(12)18-14(20)13(19)17-10/h1-7H,(H,18,20). The predicted molar refractivity (Wildman–Crippen MR) is 82.1 cm³/mol. The molecule has 0 fully saturated rings. The maximum atomic E-state index is 12.7. The molecule has 2 heterocycles. The summed E-state index contributed by atoms with van der Waals surface area (Å²) in [5, 5.41) is 0.839. The summed E-state index contributed by atoms with van der Waals surface area (Å²) in [7, 11) is 0. The van der Waals surface area contributed by atoms with Crippen LogP contribution in [0.3, 0.4) is 0 Å². The van der Waals surface area contributed by atoms with Gasteiger partial charge in [0.05, 0.1) is 21.9 Å². The lowest BCUT2D eigenvalue weighted by Crippen LogP contribution is -2.23. The van der Waals surface area contributed by atoms with E-state index in [0.29, 0.717) is 27.0 Å². The molecule has 0 aliphatic rings. The number of hydrogen-bond donors (Lipinski definition) is 1. The predicted octanol–water partition coefficient (Wildman–Crippen LogP) is 2.34. The Bertz CT molecular complexity index is 1140. The number of para-hydroxylation sites is 2. The molecule has 1 N–H and O–H groups in total.